The van der Waals surface area contributed by atoms with E-state index in [9.17, 15) is 18.0 Å². The molecule has 2 aliphatic rings. The van der Waals surface area contributed by atoms with Crippen LogP contribution in [0.2, 0.25) is 5.02 Å². The molecule has 0 aromatic heterocycles. The van der Waals surface area contributed by atoms with Crippen LogP contribution < -0.4 is 0 Å². The monoisotopic (exact) mass is 433 g/mol. The topological polar surface area (TPSA) is 101 Å². The number of thioether (sulfide) groups is 1. The predicted molar refractivity (Wildman–Crippen MR) is 104 cm³/mol. The second-order valence-electron chi connectivity index (χ2n) is 6.08. The van der Waals surface area contributed by atoms with Gasteiger partial charge in [0.05, 0.1) is 13.4 Å². The van der Waals surface area contributed by atoms with E-state index in [-0.39, 0.29) is 16.3 Å². The highest BCUT2D eigenvalue weighted by molar-refractivity contribution is 8.15. The quantitative estimate of drug-likeness (QED) is 0.572. The van der Waals surface area contributed by atoms with Gasteiger partial charge in [0, 0.05) is 23.4 Å². The Bertz CT molecular complexity index is 847. The van der Waals surface area contributed by atoms with Crippen molar-refractivity contribution in [3.05, 3.63) is 46.5 Å². The Hall–Kier alpha value is -1.39. The standard InChI is InChI=1S/C16H16ClNO3S.CH4O3S/c1-21-16(20)15(11-4-2-3-5-12(11)17)18-7-6-13-10(9-18)8-14(19)22-13;1-5(2,3)4/h2-5,8,13,15H,6-7,9H2,1H3;1H3,(H,2,3,4)/t13?,15-;/m0./s1. The second kappa shape index (κ2) is 9.20. The lowest BCUT2D eigenvalue weighted by molar-refractivity contribution is -0.147. The number of piperidine rings is 1. The molecule has 1 aromatic carbocycles. The molecule has 7 nitrogen and oxygen atoms in total. The lowest BCUT2D eigenvalue weighted by Crippen LogP contribution is -2.42. The van der Waals surface area contributed by atoms with Gasteiger partial charge in [0.15, 0.2) is 0 Å². The van der Waals surface area contributed by atoms with Crippen LogP contribution in [0.15, 0.2) is 35.9 Å². The molecule has 1 saturated heterocycles. The first-order valence-electron chi connectivity index (χ1n) is 8.00. The molecule has 2 aliphatic heterocycles. The third-order valence-electron chi connectivity index (χ3n) is 4.03. The molecule has 0 radical (unpaired) electrons. The number of benzene rings is 1. The minimum atomic E-state index is -3.67. The van der Waals surface area contributed by atoms with Crippen molar-refractivity contribution in [2.24, 2.45) is 0 Å². The zero-order valence-electron chi connectivity index (χ0n) is 14.8. The summed E-state index contributed by atoms with van der Waals surface area (Å²) in [6, 6.07) is 6.77. The summed E-state index contributed by atoms with van der Waals surface area (Å²) >= 11 is 7.64. The van der Waals surface area contributed by atoms with Gasteiger partial charge in [-0.3, -0.25) is 14.2 Å². The molecular weight excluding hydrogens is 414 g/mol. The molecule has 2 atom stereocenters. The molecule has 0 spiro atoms. The van der Waals surface area contributed by atoms with Crippen LogP contribution in [-0.4, -0.2) is 60.7 Å². The normalized spacial score (nSPS) is 20.8. The van der Waals surface area contributed by atoms with Gasteiger partial charge >= 0.3 is 5.97 Å². The Kier molecular flexibility index (Phi) is 7.47. The smallest absolute Gasteiger partial charge is 0.327 e. The molecule has 0 saturated carbocycles. The van der Waals surface area contributed by atoms with Gasteiger partial charge in [-0.05, 0) is 29.7 Å². The van der Waals surface area contributed by atoms with Crippen molar-refractivity contribution in [2.45, 2.75) is 17.7 Å². The van der Waals surface area contributed by atoms with Crippen LogP contribution in [-0.2, 0) is 24.4 Å². The lowest BCUT2D eigenvalue weighted by Gasteiger charge is -2.36. The number of carbonyl (C=O) groups is 2. The van der Waals surface area contributed by atoms with E-state index in [0.717, 1.165) is 24.1 Å². The molecular formula is C17H20ClNO6S2. The number of likely N-dealkylation sites (tertiary alicyclic amines) is 1. The molecule has 1 aromatic rings. The van der Waals surface area contributed by atoms with Gasteiger partial charge in [-0.15, -0.1) is 0 Å². The van der Waals surface area contributed by atoms with Gasteiger partial charge in [0.2, 0.25) is 5.12 Å². The number of esters is 1. The maximum Gasteiger partial charge on any atom is 0.327 e. The largest absolute Gasteiger partial charge is 0.468 e. The molecule has 0 amide bonds. The summed E-state index contributed by atoms with van der Waals surface area (Å²) in [6.45, 7) is 1.32. The van der Waals surface area contributed by atoms with E-state index in [2.05, 4.69) is 0 Å². The highest BCUT2D eigenvalue weighted by atomic mass is 35.5. The highest BCUT2D eigenvalue weighted by Crippen LogP contribution is 2.38. The maximum atomic E-state index is 12.3. The fraction of sp³-hybridized carbons (Fsp3) is 0.412. The highest BCUT2D eigenvalue weighted by Gasteiger charge is 2.37. The van der Waals surface area contributed by atoms with Crippen molar-refractivity contribution in [1.29, 1.82) is 0 Å². The zero-order chi connectivity index (χ0) is 20.2. The average molecular weight is 434 g/mol. The molecule has 27 heavy (non-hydrogen) atoms. The first-order valence-corrected chi connectivity index (χ1v) is 11.1. The third-order valence-corrected chi connectivity index (χ3v) is 5.55. The number of nitrogens with zero attached hydrogens (tertiary/aromatic N) is 1. The number of ether oxygens (including phenoxy) is 1. The van der Waals surface area contributed by atoms with Crippen LogP contribution in [0, 0.1) is 0 Å². The molecule has 1 unspecified atom stereocenters. The fourth-order valence-corrected chi connectivity index (χ4v) is 4.24. The first-order chi connectivity index (χ1) is 12.6. The molecule has 1 fully saturated rings. The van der Waals surface area contributed by atoms with E-state index in [1.54, 1.807) is 12.1 Å². The van der Waals surface area contributed by atoms with Gasteiger partial charge in [-0.25, -0.2) is 4.79 Å². The van der Waals surface area contributed by atoms with Crippen LogP contribution in [0.4, 0.5) is 0 Å². The molecule has 2 heterocycles. The summed E-state index contributed by atoms with van der Waals surface area (Å²) in [7, 11) is -2.28. The SMILES string of the molecule is COC(=O)[C@H](c1ccccc1Cl)N1CCC2SC(=O)C=C2C1.CS(=O)(=O)O. The van der Waals surface area contributed by atoms with Crippen molar-refractivity contribution in [3.63, 3.8) is 0 Å². The number of halogens is 1. The summed E-state index contributed by atoms with van der Waals surface area (Å²) in [4.78, 5) is 25.9. The summed E-state index contributed by atoms with van der Waals surface area (Å²) in [5, 5.41) is 0.911. The minimum absolute atomic E-state index is 0.106. The first kappa shape index (κ1) is 21.9. The number of rotatable bonds is 3. The Labute approximate surface area is 167 Å². The van der Waals surface area contributed by atoms with E-state index in [0.29, 0.717) is 17.8 Å². The van der Waals surface area contributed by atoms with E-state index >= 15 is 0 Å². The lowest BCUT2D eigenvalue weighted by atomic mass is 9.98. The van der Waals surface area contributed by atoms with E-state index in [4.69, 9.17) is 20.9 Å². The Morgan fingerprint density at radius 1 is 1.41 bits per heavy atom. The number of hydrogen-bond donors (Lipinski definition) is 1. The van der Waals surface area contributed by atoms with Crippen LogP contribution in [0.5, 0.6) is 0 Å². The fourth-order valence-electron chi connectivity index (χ4n) is 2.98. The van der Waals surface area contributed by atoms with Gasteiger partial charge < -0.3 is 4.74 Å². The van der Waals surface area contributed by atoms with Gasteiger partial charge in [0.1, 0.15) is 6.04 Å². The molecule has 0 aliphatic carbocycles. The van der Waals surface area contributed by atoms with Gasteiger partial charge in [0.25, 0.3) is 10.1 Å². The summed E-state index contributed by atoms with van der Waals surface area (Å²) in [6.07, 6.45) is 3.26. The van der Waals surface area contributed by atoms with Crippen LogP contribution in [0.1, 0.15) is 18.0 Å². The third kappa shape index (κ3) is 6.32. The molecule has 1 N–H and O–H groups in total. The minimum Gasteiger partial charge on any atom is -0.468 e. The van der Waals surface area contributed by atoms with E-state index < -0.39 is 16.2 Å². The Morgan fingerprint density at radius 2 is 2.04 bits per heavy atom. The molecule has 10 heteroatoms. The average Bonchev–Trinajstić information content (AvgIpc) is 2.94. The van der Waals surface area contributed by atoms with Crippen molar-refractivity contribution in [3.8, 4) is 0 Å². The van der Waals surface area contributed by atoms with Gasteiger partial charge in [-0.2, -0.15) is 8.42 Å². The van der Waals surface area contributed by atoms with Crippen molar-refractivity contribution >= 4 is 44.6 Å². The van der Waals surface area contributed by atoms with E-state index in [1.165, 1.54) is 18.9 Å². The molecule has 0 bridgehead atoms. The Balaban J connectivity index is 0.000000465. The van der Waals surface area contributed by atoms with Crippen LogP contribution in [0.25, 0.3) is 0 Å². The maximum absolute atomic E-state index is 12.3. The Morgan fingerprint density at radius 3 is 2.63 bits per heavy atom. The van der Waals surface area contributed by atoms with Crippen molar-refractivity contribution < 1.29 is 27.3 Å². The second-order valence-corrected chi connectivity index (χ2v) is 9.16. The molecule has 148 valence electrons. The zero-order valence-corrected chi connectivity index (χ0v) is 17.2. The summed E-state index contributed by atoms with van der Waals surface area (Å²) < 4.78 is 30.8. The molecule has 3 rings (SSSR count). The van der Waals surface area contributed by atoms with Gasteiger partial charge in [-0.1, -0.05) is 41.6 Å². The number of hydrogen-bond acceptors (Lipinski definition) is 7. The van der Waals surface area contributed by atoms with E-state index in [1.807, 2.05) is 23.1 Å². The van der Waals surface area contributed by atoms with Crippen LogP contribution in [0.3, 0.4) is 0 Å². The van der Waals surface area contributed by atoms with Crippen molar-refractivity contribution in [1.82, 2.24) is 4.90 Å². The number of carbonyl (C=O) groups excluding carboxylic acids is 2. The number of methoxy groups -OCH3 is 1. The number of fused-ring (bicyclic) bond motifs is 1. The summed E-state index contributed by atoms with van der Waals surface area (Å²) in [5.74, 6) is -0.330. The predicted octanol–water partition coefficient (Wildman–Crippen LogP) is 2.33. The van der Waals surface area contributed by atoms with Crippen LogP contribution >= 0.6 is 23.4 Å². The summed E-state index contributed by atoms with van der Waals surface area (Å²) in [5.41, 5.74) is 1.83. The van der Waals surface area contributed by atoms with Crippen molar-refractivity contribution in [2.75, 3.05) is 26.5 Å².